The summed E-state index contributed by atoms with van der Waals surface area (Å²) in [6.45, 7) is 0.570. The van der Waals surface area contributed by atoms with E-state index in [0.29, 0.717) is 19.4 Å². The molecular formula is C7H12N4O3. The van der Waals surface area contributed by atoms with E-state index >= 15 is 0 Å². The molecule has 7 heteroatoms. The van der Waals surface area contributed by atoms with Crippen LogP contribution in [0.1, 0.15) is 12.8 Å². The molecule has 1 aromatic heterocycles. The quantitative estimate of drug-likeness (QED) is 0.612. The first-order valence-corrected chi connectivity index (χ1v) is 4.20. The van der Waals surface area contributed by atoms with E-state index in [-0.39, 0.29) is 0 Å². The Morgan fingerprint density at radius 2 is 2.50 bits per heavy atom. The van der Waals surface area contributed by atoms with Gasteiger partial charge in [-0.3, -0.25) is 0 Å². The minimum atomic E-state index is -1.06. The van der Waals surface area contributed by atoms with Crippen LogP contribution >= 0.6 is 0 Å². The topological polar surface area (TPSA) is 90.1 Å². The molecule has 0 amide bonds. The van der Waals surface area contributed by atoms with Crippen LogP contribution in [0.3, 0.4) is 0 Å². The molecule has 0 aliphatic heterocycles. The maximum Gasteiger partial charge on any atom is 0.334 e. The van der Waals surface area contributed by atoms with Gasteiger partial charge < -0.3 is 9.84 Å². The van der Waals surface area contributed by atoms with E-state index < -0.39 is 12.1 Å². The summed E-state index contributed by atoms with van der Waals surface area (Å²) >= 11 is 0. The first-order valence-electron chi connectivity index (χ1n) is 4.20. The fraction of sp³-hybridized carbons (Fsp3) is 0.714. The fourth-order valence-electron chi connectivity index (χ4n) is 0.983. The van der Waals surface area contributed by atoms with Crippen molar-refractivity contribution in [3.05, 3.63) is 6.33 Å². The molecule has 0 fully saturated rings. The van der Waals surface area contributed by atoms with Gasteiger partial charge in [0.25, 0.3) is 0 Å². The van der Waals surface area contributed by atoms with Gasteiger partial charge in [-0.25, -0.2) is 9.48 Å². The Bertz CT molecular complexity index is 274. The molecule has 0 spiro atoms. The number of aromatic nitrogens is 4. The van der Waals surface area contributed by atoms with Crippen LogP contribution in [0.25, 0.3) is 0 Å². The normalized spacial score (nSPS) is 12.4. The Kier molecular flexibility index (Phi) is 3.99. The van der Waals surface area contributed by atoms with Gasteiger partial charge in [0.15, 0.2) is 6.10 Å². The molecule has 0 aromatic carbocycles. The van der Waals surface area contributed by atoms with E-state index in [1.807, 2.05) is 0 Å². The molecule has 0 radical (unpaired) electrons. The number of ether oxygens (including phenoxy) is 1. The number of hydrogen-bond donors (Lipinski definition) is 1. The highest BCUT2D eigenvalue weighted by Crippen LogP contribution is 2.00. The second-order valence-electron chi connectivity index (χ2n) is 2.75. The summed E-state index contributed by atoms with van der Waals surface area (Å²) in [5.41, 5.74) is 0. The van der Waals surface area contributed by atoms with Gasteiger partial charge in [-0.1, -0.05) is 0 Å². The molecule has 78 valence electrons. The molecule has 0 aliphatic rings. The number of carbonyl (C=O) groups excluding carboxylic acids is 1. The lowest BCUT2D eigenvalue weighted by atomic mass is 10.2. The van der Waals surface area contributed by atoms with Crippen molar-refractivity contribution in [3.63, 3.8) is 0 Å². The lowest BCUT2D eigenvalue weighted by Gasteiger charge is -2.06. The second kappa shape index (κ2) is 5.28. The van der Waals surface area contributed by atoms with Crippen molar-refractivity contribution in [1.82, 2.24) is 20.2 Å². The standard InChI is InChI=1S/C7H12N4O3/c1-14-7(13)6(12)3-2-4-11-5-8-9-10-11/h5-6,12H,2-4H2,1H3. The molecule has 0 saturated heterocycles. The third-order valence-corrected chi connectivity index (χ3v) is 1.73. The van der Waals surface area contributed by atoms with Gasteiger partial charge in [0, 0.05) is 6.54 Å². The lowest BCUT2D eigenvalue weighted by Crippen LogP contribution is -2.22. The molecule has 1 atom stereocenters. The largest absolute Gasteiger partial charge is 0.467 e. The Morgan fingerprint density at radius 3 is 3.07 bits per heavy atom. The number of aliphatic hydroxyl groups excluding tert-OH is 1. The smallest absolute Gasteiger partial charge is 0.334 e. The van der Waals surface area contributed by atoms with Crippen LogP contribution in [0.2, 0.25) is 0 Å². The third-order valence-electron chi connectivity index (χ3n) is 1.73. The number of aryl methyl sites for hydroxylation is 1. The van der Waals surface area contributed by atoms with Crippen LogP contribution in [0, 0.1) is 0 Å². The molecular weight excluding hydrogens is 188 g/mol. The van der Waals surface area contributed by atoms with Gasteiger partial charge >= 0.3 is 5.97 Å². The highest BCUT2D eigenvalue weighted by molar-refractivity contribution is 5.74. The molecule has 1 aromatic rings. The van der Waals surface area contributed by atoms with Gasteiger partial charge in [0.2, 0.25) is 0 Å². The van der Waals surface area contributed by atoms with Gasteiger partial charge in [0.05, 0.1) is 7.11 Å². The monoisotopic (exact) mass is 200 g/mol. The number of nitrogens with zero attached hydrogens (tertiary/aromatic N) is 4. The SMILES string of the molecule is COC(=O)C(O)CCCn1cnnn1. The maximum absolute atomic E-state index is 10.8. The Balaban J connectivity index is 2.18. The summed E-state index contributed by atoms with van der Waals surface area (Å²) in [6, 6.07) is 0. The second-order valence-corrected chi connectivity index (χ2v) is 2.75. The zero-order chi connectivity index (χ0) is 10.4. The summed E-state index contributed by atoms with van der Waals surface area (Å²) in [5.74, 6) is -0.610. The predicted octanol–water partition coefficient (Wildman–Crippen LogP) is -1.01. The molecule has 1 N–H and O–H groups in total. The van der Waals surface area contributed by atoms with E-state index in [1.165, 1.54) is 18.1 Å². The van der Waals surface area contributed by atoms with Crippen LogP contribution in [-0.2, 0) is 16.1 Å². The van der Waals surface area contributed by atoms with Crippen LogP contribution < -0.4 is 0 Å². The minimum Gasteiger partial charge on any atom is -0.467 e. The highest BCUT2D eigenvalue weighted by Gasteiger charge is 2.14. The average molecular weight is 200 g/mol. The minimum absolute atomic E-state index is 0.340. The predicted molar refractivity (Wildman–Crippen MR) is 45.1 cm³/mol. The number of carbonyl (C=O) groups is 1. The number of hydrogen-bond acceptors (Lipinski definition) is 6. The maximum atomic E-state index is 10.8. The number of aliphatic hydroxyl groups is 1. The van der Waals surface area contributed by atoms with Crippen molar-refractivity contribution in [3.8, 4) is 0 Å². The van der Waals surface area contributed by atoms with Crippen molar-refractivity contribution in [1.29, 1.82) is 0 Å². The zero-order valence-corrected chi connectivity index (χ0v) is 7.83. The summed E-state index contributed by atoms with van der Waals surface area (Å²) in [7, 11) is 1.24. The van der Waals surface area contributed by atoms with Crippen LogP contribution in [-0.4, -0.2) is 44.5 Å². The molecule has 1 heterocycles. The van der Waals surface area contributed by atoms with E-state index in [9.17, 15) is 9.90 Å². The fourth-order valence-corrected chi connectivity index (χ4v) is 0.983. The lowest BCUT2D eigenvalue weighted by molar-refractivity contribution is -0.150. The molecule has 0 bridgehead atoms. The third kappa shape index (κ3) is 3.09. The van der Waals surface area contributed by atoms with Crippen molar-refractivity contribution < 1.29 is 14.6 Å². The van der Waals surface area contributed by atoms with Crippen molar-refractivity contribution in [2.24, 2.45) is 0 Å². The van der Waals surface area contributed by atoms with Crippen molar-refractivity contribution in [2.75, 3.05) is 7.11 Å². The van der Waals surface area contributed by atoms with Crippen molar-refractivity contribution >= 4 is 5.97 Å². The van der Waals surface area contributed by atoms with Gasteiger partial charge in [-0.05, 0) is 23.3 Å². The van der Waals surface area contributed by atoms with Crippen LogP contribution in [0.4, 0.5) is 0 Å². The van der Waals surface area contributed by atoms with Gasteiger partial charge in [-0.15, -0.1) is 5.10 Å². The molecule has 0 aliphatic carbocycles. The van der Waals surface area contributed by atoms with Crippen LogP contribution in [0.15, 0.2) is 6.33 Å². The molecule has 14 heavy (non-hydrogen) atoms. The number of tetrazole rings is 1. The molecule has 7 nitrogen and oxygen atoms in total. The average Bonchev–Trinajstić information content (AvgIpc) is 2.69. The van der Waals surface area contributed by atoms with Crippen LogP contribution in [0.5, 0.6) is 0 Å². The zero-order valence-electron chi connectivity index (χ0n) is 7.83. The first-order chi connectivity index (χ1) is 6.74. The molecule has 1 rings (SSSR count). The number of rotatable bonds is 5. The summed E-state index contributed by atoms with van der Waals surface area (Å²) in [4.78, 5) is 10.8. The highest BCUT2D eigenvalue weighted by atomic mass is 16.5. The Morgan fingerprint density at radius 1 is 1.71 bits per heavy atom. The summed E-state index contributed by atoms with van der Waals surface area (Å²) in [6.07, 6.45) is 1.37. The van der Waals surface area contributed by atoms with E-state index in [2.05, 4.69) is 20.3 Å². The van der Waals surface area contributed by atoms with E-state index in [4.69, 9.17) is 0 Å². The van der Waals surface area contributed by atoms with E-state index in [1.54, 1.807) is 0 Å². The number of esters is 1. The molecule has 0 saturated carbocycles. The number of methoxy groups -OCH3 is 1. The van der Waals surface area contributed by atoms with Crippen molar-refractivity contribution in [2.45, 2.75) is 25.5 Å². The Labute approximate surface area is 80.7 Å². The van der Waals surface area contributed by atoms with Gasteiger partial charge in [0.1, 0.15) is 6.33 Å². The van der Waals surface area contributed by atoms with Gasteiger partial charge in [-0.2, -0.15) is 0 Å². The molecule has 1 unspecified atom stereocenters. The first kappa shape index (κ1) is 10.6. The summed E-state index contributed by atoms with van der Waals surface area (Å²) in [5, 5.41) is 19.7. The Hall–Kier alpha value is -1.50. The summed E-state index contributed by atoms with van der Waals surface area (Å²) < 4.78 is 5.90. The van der Waals surface area contributed by atoms with E-state index in [0.717, 1.165) is 0 Å².